The first kappa shape index (κ1) is 22.7. The van der Waals surface area contributed by atoms with Gasteiger partial charge in [0.15, 0.2) is 11.0 Å². The van der Waals surface area contributed by atoms with Gasteiger partial charge in [0.2, 0.25) is 0 Å². The van der Waals surface area contributed by atoms with E-state index in [2.05, 4.69) is 61.8 Å². The van der Waals surface area contributed by atoms with Crippen LogP contribution in [0.2, 0.25) is 0 Å². The number of aromatic amines is 1. The smallest absolute Gasteiger partial charge is 0.155 e. The summed E-state index contributed by atoms with van der Waals surface area (Å²) in [5.41, 5.74) is 6.76. The number of carbonyl (C=O) groups is 2. The molecule has 0 saturated heterocycles. The zero-order valence-corrected chi connectivity index (χ0v) is 23.0. The average Bonchev–Trinajstić information content (AvgIpc) is 3.56. The SMILES string of the molecule is CC(=O)PC1=IC=C(c2ccc3c(ccc4c5ccc(-c6cnc(PC(C)=O)[nH]6)cc5oc34)c2)N1. The summed E-state index contributed by atoms with van der Waals surface area (Å²) in [5, 5.41) is 7.79. The Morgan fingerprint density at radius 1 is 0.914 bits per heavy atom. The van der Waals surface area contributed by atoms with Crippen LogP contribution in [-0.2, 0) is 9.59 Å². The summed E-state index contributed by atoms with van der Waals surface area (Å²) in [6, 6.07) is 16.8. The number of hydrogen-bond acceptors (Lipinski definition) is 5. The molecule has 1 aliphatic rings. The highest BCUT2D eigenvalue weighted by atomic mass is 127. The van der Waals surface area contributed by atoms with Crippen LogP contribution in [0.25, 0.3) is 49.7 Å². The van der Waals surface area contributed by atoms with Gasteiger partial charge in [-0.15, -0.1) is 0 Å². The van der Waals surface area contributed by atoms with E-state index >= 15 is 0 Å². The molecule has 5 aromatic rings. The van der Waals surface area contributed by atoms with Crippen LogP contribution in [0.4, 0.5) is 0 Å². The van der Waals surface area contributed by atoms with E-state index in [4.69, 9.17) is 4.42 Å². The van der Waals surface area contributed by atoms with E-state index in [1.807, 2.05) is 6.07 Å². The zero-order chi connectivity index (χ0) is 24.1. The van der Waals surface area contributed by atoms with Crippen molar-refractivity contribution in [1.82, 2.24) is 15.3 Å². The Labute approximate surface area is 214 Å². The lowest BCUT2D eigenvalue weighted by molar-refractivity contribution is -0.110. The minimum Gasteiger partial charge on any atom is -0.455 e. The molecule has 0 aliphatic carbocycles. The molecule has 1 aliphatic heterocycles. The predicted octanol–water partition coefficient (Wildman–Crippen LogP) is 6.16. The molecule has 3 heterocycles. The summed E-state index contributed by atoms with van der Waals surface area (Å²) < 4.78 is 9.81. The van der Waals surface area contributed by atoms with E-state index in [1.54, 1.807) is 20.0 Å². The molecular weight excluding hydrogens is 591 g/mol. The summed E-state index contributed by atoms with van der Waals surface area (Å²) in [5.74, 6) is 0. The molecule has 9 heteroatoms. The lowest BCUT2D eigenvalue weighted by Gasteiger charge is -2.09. The standard InChI is InChI=1S/C26H20IN3O3P2/c1-13(31)34-25-27-11-21(29-25)16-4-6-18-15(9-16)3-8-20-19-7-5-17(10-23(19)33-24(18)20)22-12-28-26(30-22)35-14(2)32/h3-12,29,34-35H,1-2H3,(H,28,30). The van der Waals surface area contributed by atoms with Gasteiger partial charge in [-0.2, -0.15) is 0 Å². The lowest BCUT2D eigenvalue weighted by atomic mass is 10.0. The van der Waals surface area contributed by atoms with Crippen LogP contribution in [0, 0.1) is 0 Å². The molecule has 0 radical (unpaired) electrons. The van der Waals surface area contributed by atoms with E-state index in [1.165, 1.54) is 3.37 Å². The Hall–Kier alpha value is -2.73. The van der Waals surface area contributed by atoms with Gasteiger partial charge < -0.3 is 14.7 Å². The molecule has 6 rings (SSSR count). The summed E-state index contributed by atoms with van der Waals surface area (Å²) in [4.78, 5) is 30.5. The van der Waals surface area contributed by atoms with Gasteiger partial charge in [0, 0.05) is 38.9 Å². The van der Waals surface area contributed by atoms with Crippen LogP contribution in [0.3, 0.4) is 0 Å². The molecule has 0 fully saturated rings. The molecule has 0 saturated carbocycles. The quantitative estimate of drug-likeness (QED) is 0.177. The minimum absolute atomic E-state index is 0.0348. The molecule has 0 amide bonds. The van der Waals surface area contributed by atoms with Crippen molar-refractivity contribution in [3.8, 4) is 11.3 Å². The minimum atomic E-state index is -0.243. The summed E-state index contributed by atoms with van der Waals surface area (Å²) >= 11 is -0.243. The van der Waals surface area contributed by atoms with Crippen molar-refractivity contribution in [2.75, 3.05) is 0 Å². The fourth-order valence-corrected chi connectivity index (χ4v) is 9.00. The number of hydrogen-bond donors (Lipinski definition) is 2. The van der Waals surface area contributed by atoms with Crippen LogP contribution in [0.1, 0.15) is 19.4 Å². The van der Waals surface area contributed by atoms with Gasteiger partial charge in [0.25, 0.3) is 0 Å². The zero-order valence-electron chi connectivity index (χ0n) is 18.8. The Bertz CT molecular complexity index is 1750. The van der Waals surface area contributed by atoms with E-state index < -0.39 is 0 Å². The number of fused-ring (bicyclic) bond motifs is 5. The van der Waals surface area contributed by atoms with Crippen molar-refractivity contribution in [2.24, 2.45) is 0 Å². The number of halogens is 1. The summed E-state index contributed by atoms with van der Waals surface area (Å²) in [7, 11) is 0.286. The molecule has 2 unspecified atom stereocenters. The number of nitrogens with zero attached hydrogens (tertiary/aromatic N) is 1. The second kappa shape index (κ2) is 9.05. The molecule has 0 bridgehead atoms. The number of H-pyrrole nitrogens is 1. The van der Waals surface area contributed by atoms with Crippen molar-refractivity contribution in [2.45, 2.75) is 13.8 Å². The summed E-state index contributed by atoms with van der Waals surface area (Å²) in [6.45, 7) is 3.22. The molecule has 6 nitrogen and oxygen atoms in total. The average molecular weight is 611 g/mol. The third-order valence-electron chi connectivity index (χ3n) is 5.75. The van der Waals surface area contributed by atoms with E-state index in [0.717, 1.165) is 55.2 Å². The second-order valence-electron chi connectivity index (χ2n) is 8.27. The number of carbonyl (C=O) groups excluding carboxylic acids is 2. The molecule has 2 N–H and O–H groups in total. The number of aromatic nitrogens is 2. The first-order valence-electron chi connectivity index (χ1n) is 10.9. The van der Waals surface area contributed by atoms with Gasteiger partial charge in [-0.3, -0.25) is 9.59 Å². The van der Waals surface area contributed by atoms with Crippen LogP contribution in [0.5, 0.6) is 0 Å². The predicted molar refractivity (Wildman–Crippen MR) is 157 cm³/mol. The fraction of sp³-hybridized carbons (Fsp3) is 0.0769. The highest BCUT2D eigenvalue weighted by Gasteiger charge is 2.15. The van der Waals surface area contributed by atoms with Crippen LogP contribution >= 0.6 is 37.9 Å². The van der Waals surface area contributed by atoms with Crippen LogP contribution < -0.4 is 10.9 Å². The molecule has 0 spiro atoms. The Morgan fingerprint density at radius 3 is 2.51 bits per heavy atom. The maximum Gasteiger partial charge on any atom is 0.155 e. The van der Waals surface area contributed by atoms with Crippen molar-refractivity contribution in [3.63, 3.8) is 0 Å². The topological polar surface area (TPSA) is 88.0 Å². The molecule has 3 aromatic carbocycles. The van der Waals surface area contributed by atoms with Gasteiger partial charge in [-0.25, -0.2) is 4.98 Å². The maximum absolute atomic E-state index is 11.5. The largest absolute Gasteiger partial charge is 0.455 e. The van der Waals surface area contributed by atoms with Gasteiger partial charge in [-0.1, -0.05) is 38.9 Å². The van der Waals surface area contributed by atoms with Crippen LogP contribution in [0.15, 0.2) is 63.2 Å². The summed E-state index contributed by atoms with van der Waals surface area (Å²) in [6.07, 6.45) is 1.76. The number of imidazole rings is 1. The third-order valence-corrected chi connectivity index (χ3v) is 10.7. The number of rotatable bonds is 6. The molecule has 2 atom stereocenters. The van der Waals surface area contributed by atoms with Crippen LogP contribution in [-0.4, -0.2) is 24.4 Å². The van der Waals surface area contributed by atoms with Gasteiger partial charge in [-0.05, 0) is 59.2 Å². The monoisotopic (exact) mass is 611 g/mol. The normalized spacial score (nSPS) is 14.2. The van der Waals surface area contributed by atoms with E-state index in [-0.39, 0.29) is 48.9 Å². The molecular formula is C26H20IN3O3P2. The second-order valence-corrected chi connectivity index (χ2v) is 14.5. The fourth-order valence-electron chi connectivity index (χ4n) is 4.23. The van der Waals surface area contributed by atoms with Crippen molar-refractivity contribution in [3.05, 3.63) is 64.4 Å². The molecule has 174 valence electrons. The highest BCUT2D eigenvalue weighted by molar-refractivity contribution is 14.2. The van der Waals surface area contributed by atoms with E-state index in [9.17, 15) is 9.59 Å². The molecule has 35 heavy (non-hydrogen) atoms. The maximum atomic E-state index is 11.5. The van der Waals surface area contributed by atoms with Crippen molar-refractivity contribution in [1.29, 1.82) is 0 Å². The van der Waals surface area contributed by atoms with Crippen molar-refractivity contribution >= 4 is 96.3 Å². The third kappa shape index (κ3) is 4.37. The number of nitrogens with one attached hydrogen (secondary N) is 2. The first-order valence-corrected chi connectivity index (χ1v) is 15.2. The lowest BCUT2D eigenvalue weighted by Crippen LogP contribution is -2.13. The van der Waals surface area contributed by atoms with Gasteiger partial charge >= 0.3 is 0 Å². The Kier molecular flexibility index (Phi) is 5.87. The number of benzene rings is 3. The van der Waals surface area contributed by atoms with Crippen molar-refractivity contribution < 1.29 is 14.0 Å². The Balaban J connectivity index is 1.36. The molecule has 2 aromatic heterocycles. The van der Waals surface area contributed by atoms with Gasteiger partial charge in [0.05, 0.1) is 21.0 Å². The van der Waals surface area contributed by atoms with E-state index in [0.29, 0.717) is 5.57 Å². The van der Waals surface area contributed by atoms with Gasteiger partial charge in [0.1, 0.15) is 16.7 Å². The first-order chi connectivity index (χ1) is 16.9. The number of furan rings is 1. The highest BCUT2D eigenvalue weighted by Crippen LogP contribution is 2.37. The Morgan fingerprint density at radius 2 is 1.69 bits per heavy atom.